The minimum absolute atomic E-state index is 0.107. The van der Waals surface area contributed by atoms with Gasteiger partial charge in [-0.15, -0.1) is 0 Å². The summed E-state index contributed by atoms with van der Waals surface area (Å²) in [6.07, 6.45) is 72.6. The lowest BCUT2D eigenvalue weighted by atomic mass is 10.1. The monoisotopic (exact) mass is 931 g/mol. The number of ether oxygens (including phenoxy) is 3. The molecule has 0 saturated carbocycles. The maximum Gasteiger partial charge on any atom is 0.306 e. The van der Waals surface area contributed by atoms with Crippen molar-refractivity contribution in [2.45, 2.75) is 258 Å². The van der Waals surface area contributed by atoms with E-state index in [4.69, 9.17) is 14.2 Å². The molecule has 0 bridgehead atoms. The molecule has 382 valence electrons. The molecular formula is C61H102O6. The van der Waals surface area contributed by atoms with Crippen LogP contribution in [0, 0.1) is 0 Å². The second kappa shape index (κ2) is 54.9. The van der Waals surface area contributed by atoms with Crippen molar-refractivity contribution >= 4 is 17.9 Å². The number of hydrogen-bond acceptors (Lipinski definition) is 6. The summed E-state index contributed by atoms with van der Waals surface area (Å²) in [6.45, 7) is 6.42. The minimum atomic E-state index is -0.814. The van der Waals surface area contributed by atoms with Crippen molar-refractivity contribution in [3.8, 4) is 0 Å². The van der Waals surface area contributed by atoms with Gasteiger partial charge in [0.25, 0.3) is 0 Å². The normalized spacial score (nSPS) is 12.8. The zero-order valence-corrected chi connectivity index (χ0v) is 43.6. The highest BCUT2D eigenvalue weighted by Crippen LogP contribution is 2.14. The number of esters is 3. The van der Waals surface area contributed by atoms with Gasteiger partial charge in [0.1, 0.15) is 13.2 Å². The third kappa shape index (κ3) is 53.2. The van der Waals surface area contributed by atoms with E-state index in [1.54, 1.807) is 0 Å². The van der Waals surface area contributed by atoms with Crippen LogP contribution >= 0.6 is 0 Å². The number of unbranched alkanes of at least 4 members (excludes halogenated alkanes) is 22. The van der Waals surface area contributed by atoms with Gasteiger partial charge in [-0.2, -0.15) is 0 Å². The average molecular weight is 931 g/mol. The maximum absolute atomic E-state index is 12.8. The molecule has 0 saturated heterocycles. The quantitative estimate of drug-likeness (QED) is 0.0262. The number of carbonyl (C=O) groups is 3. The van der Waals surface area contributed by atoms with Crippen LogP contribution in [0.3, 0.4) is 0 Å². The SMILES string of the molecule is CC/C=C\C/C=C\C/C=C\C/C=C\C/C=C\C/C=C\CCC(=O)OCC(COC(=O)CCCCCCC/C=C\CCCCC)OC(=O)CCCCCCCCC/C=C\CCCCCCCCC. The first-order valence-electron chi connectivity index (χ1n) is 27.7. The summed E-state index contributed by atoms with van der Waals surface area (Å²) >= 11 is 0. The van der Waals surface area contributed by atoms with Gasteiger partial charge in [-0.1, -0.05) is 221 Å². The fourth-order valence-electron chi connectivity index (χ4n) is 7.40. The molecule has 0 spiro atoms. The highest BCUT2D eigenvalue weighted by atomic mass is 16.6. The van der Waals surface area contributed by atoms with Gasteiger partial charge in [-0.25, -0.2) is 0 Å². The Bertz CT molecular complexity index is 1350. The Labute approximate surface area is 413 Å². The van der Waals surface area contributed by atoms with Gasteiger partial charge in [-0.05, 0) is 109 Å². The van der Waals surface area contributed by atoms with Crippen molar-refractivity contribution in [2.75, 3.05) is 13.2 Å². The summed E-state index contributed by atoms with van der Waals surface area (Å²) in [5, 5.41) is 0. The van der Waals surface area contributed by atoms with Crippen LogP contribution < -0.4 is 0 Å². The molecule has 0 radical (unpaired) electrons. The summed E-state index contributed by atoms with van der Waals surface area (Å²) < 4.78 is 16.8. The van der Waals surface area contributed by atoms with Crippen molar-refractivity contribution in [3.05, 3.63) is 97.2 Å². The smallest absolute Gasteiger partial charge is 0.306 e. The highest BCUT2D eigenvalue weighted by molar-refractivity contribution is 5.71. The van der Waals surface area contributed by atoms with Gasteiger partial charge in [0.05, 0.1) is 0 Å². The molecule has 6 nitrogen and oxygen atoms in total. The lowest BCUT2D eigenvalue weighted by Crippen LogP contribution is -2.30. The third-order valence-electron chi connectivity index (χ3n) is 11.6. The molecule has 1 atom stereocenters. The molecule has 0 aromatic rings. The van der Waals surface area contributed by atoms with Gasteiger partial charge in [0.15, 0.2) is 6.10 Å². The second-order valence-electron chi connectivity index (χ2n) is 18.1. The third-order valence-corrected chi connectivity index (χ3v) is 11.6. The lowest BCUT2D eigenvalue weighted by molar-refractivity contribution is -0.166. The predicted molar refractivity (Wildman–Crippen MR) is 288 cm³/mol. The van der Waals surface area contributed by atoms with Crippen molar-refractivity contribution in [3.63, 3.8) is 0 Å². The van der Waals surface area contributed by atoms with Gasteiger partial charge in [-0.3, -0.25) is 14.4 Å². The van der Waals surface area contributed by atoms with Crippen LogP contribution in [0.4, 0.5) is 0 Å². The molecule has 1 unspecified atom stereocenters. The molecule has 0 aliphatic heterocycles. The Morgan fingerprint density at radius 1 is 0.313 bits per heavy atom. The molecule has 0 aromatic carbocycles. The van der Waals surface area contributed by atoms with Crippen LogP contribution in [0.5, 0.6) is 0 Å². The summed E-state index contributed by atoms with van der Waals surface area (Å²) in [4.78, 5) is 38.0. The van der Waals surface area contributed by atoms with Crippen LogP contribution in [0.25, 0.3) is 0 Å². The van der Waals surface area contributed by atoms with E-state index in [-0.39, 0.29) is 37.5 Å². The van der Waals surface area contributed by atoms with Gasteiger partial charge < -0.3 is 14.2 Å². The minimum Gasteiger partial charge on any atom is -0.462 e. The topological polar surface area (TPSA) is 78.9 Å². The summed E-state index contributed by atoms with van der Waals surface area (Å²) in [5.74, 6) is -1.01. The van der Waals surface area contributed by atoms with Crippen LogP contribution in [-0.4, -0.2) is 37.2 Å². The van der Waals surface area contributed by atoms with E-state index in [1.165, 1.54) is 116 Å². The zero-order chi connectivity index (χ0) is 48.6. The fraction of sp³-hybridized carbons (Fsp3) is 0.689. The van der Waals surface area contributed by atoms with E-state index in [0.29, 0.717) is 19.3 Å². The Balaban J connectivity index is 4.49. The number of carbonyl (C=O) groups excluding carboxylic acids is 3. The van der Waals surface area contributed by atoms with Crippen molar-refractivity contribution in [2.24, 2.45) is 0 Å². The molecule has 0 aliphatic rings. The molecule has 0 N–H and O–H groups in total. The van der Waals surface area contributed by atoms with Crippen molar-refractivity contribution in [1.29, 1.82) is 0 Å². The van der Waals surface area contributed by atoms with Gasteiger partial charge in [0, 0.05) is 19.3 Å². The fourth-order valence-corrected chi connectivity index (χ4v) is 7.40. The standard InChI is InChI=1S/C61H102O6/c1-4-7-10-13-16-19-22-25-27-29-31-33-34-36-39-42-45-48-51-54-60(63)66-57-58(56-65-59(62)53-50-47-44-41-38-24-21-18-15-12-9-6-3)67-61(64)55-52-49-46-43-40-37-35-32-30-28-26-23-20-17-14-11-8-5-2/h7,10,16,18-19,21,25,27-28,30-31,33,36,39,45,48,58H,4-6,8-9,11-15,17,20,22-24,26,29,32,34-35,37-38,40-44,46-47,49-57H2,1-3H3/b10-7-,19-16-,21-18-,27-25-,30-28-,33-31-,39-36-,48-45-. The number of hydrogen-bond donors (Lipinski definition) is 0. The Kier molecular flexibility index (Phi) is 51.9. The molecule has 0 aromatic heterocycles. The van der Waals surface area contributed by atoms with Crippen molar-refractivity contribution in [1.82, 2.24) is 0 Å². The van der Waals surface area contributed by atoms with Gasteiger partial charge in [0.2, 0.25) is 0 Å². The predicted octanol–water partition coefficient (Wildman–Crippen LogP) is 18.5. The van der Waals surface area contributed by atoms with Crippen LogP contribution in [0.2, 0.25) is 0 Å². The highest BCUT2D eigenvalue weighted by Gasteiger charge is 2.19. The van der Waals surface area contributed by atoms with E-state index >= 15 is 0 Å². The molecule has 0 fully saturated rings. The van der Waals surface area contributed by atoms with Crippen LogP contribution in [0.1, 0.15) is 252 Å². The molecule has 0 aliphatic carbocycles. The first kappa shape index (κ1) is 63.3. The number of allylic oxidation sites excluding steroid dienone is 16. The molecular weight excluding hydrogens is 829 g/mol. The van der Waals surface area contributed by atoms with E-state index in [9.17, 15) is 14.4 Å². The molecule has 0 heterocycles. The Morgan fingerprint density at radius 3 is 1.03 bits per heavy atom. The summed E-state index contributed by atoms with van der Waals surface area (Å²) in [7, 11) is 0. The first-order chi connectivity index (χ1) is 33.0. The van der Waals surface area contributed by atoms with Crippen LogP contribution in [-0.2, 0) is 28.6 Å². The van der Waals surface area contributed by atoms with Crippen LogP contribution in [0.15, 0.2) is 97.2 Å². The zero-order valence-electron chi connectivity index (χ0n) is 43.6. The largest absolute Gasteiger partial charge is 0.462 e. The first-order valence-corrected chi connectivity index (χ1v) is 27.7. The molecule has 67 heavy (non-hydrogen) atoms. The molecule has 0 rings (SSSR count). The van der Waals surface area contributed by atoms with E-state index in [2.05, 4.69) is 112 Å². The van der Waals surface area contributed by atoms with Gasteiger partial charge >= 0.3 is 17.9 Å². The lowest BCUT2D eigenvalue weighted by Gasteiger charge is -2.18. The second-order valence-corrected chi connectivity index (χ2v) is 18.1. The maximum atomic E-state index is 12.8. The molecule has 6 heteroatoms. The molecule has 0 amide bonds. The summed E-state index contributed by atoms with van der Waals surface area (Å²) in [6, 6.07) is 0. The summed E-state index contributed by atoms with van der Waals surface area (Å²) in [5.41, 5.74) is 0. The average Bonchev–Trinajstić information content (AvgIpc) is 3.33. The Hall–Kier alpha value is -3.67. The van der Waals surface area contributed by atoms with Crippen molar-refractivity contribution < 1.29 is 28.6 Å². The van der Waals surface area contributed by atoms with E-state index in [0.717, 1.165) is 89.9 Å². The van der Waals surface area contributed by atoms with E-state index in [1.807, 2.05) is 6.08 Å². The number of rotatable bonds is 49. The van der Waals surface area contributed by atoms with E-state index < -0.39 is 6.10 Å². The Morgan fingerprint density at radius 2 is 0.612 bits per heavy atom.